The van der Waals surface area contributed by atoms with Gasteiger partial charge in [0.15, 0.2) is 0 Å². The fraction of sp³-hybridized carbons (Fsp3) is 1.00. The number of hydrogen-bond donors (Lipinski definition) is 0. The summed E-state index contributed by atoms with van der Waals surface area (Å²) in [5.74, 6) is 5.05. The van der Waals surface area contributed by atoms with Crippen molar-refractivity contribution < 1.29 is 0 Å². The fourth-order valence-corrected chi connectivity index (χ4v) is 5.00. The van der Waals surface area contributed by atoms with Crippen molar-refractivity contribution in [2.75, 3.05) is 0 Å². The Morgan fingerprint density at radius 3 is 1.81 bits per heavy atom. The van der Waals surface area contributed by atoms with Crippen LogP contribution in [-0.4, -0.2) is 0 Å². The molecule has 0 N–H and O–H groups in total. The van der Waals surface area contributed by atoms with E-state index in [9.17, 15) is 0 Å². The highest BCUT2D eigenvalue weighted by Crippen LogP contribution is 2.44. The summed E-state index contributed by atoms with van der Waals surface area (Å²) < 4.78 is 0. The van der Waals surface area contributed by atoms with E-state index >= 15 is 0 Å². The molecule has 126 valence electrons. The molecule has 0 bridgehead atoms. The molecule has 3 atom stereocenters. The van der Waals surface area contributed by atoms with Crippen LogP contribution in [0.25, 0.3) is 0 Å². The van der Waals surface area contributed by atoms with Crippen molar-refractivity contribution in [2.45, 2.75) is 105 Å². The maximum atomic E-state index is 2.46. The van der Waals surface area contributed by atoms with Crippen LogP contribution >= 0.6 is 0 Å². The van der Waals surface area contributed by atoms with E-state index in [1.807, 2.05) is 0 Å². The number of hydrogen-bond acceptors (Lipinski definition) is 0. The molecule has 1 aliphatic carbocycles. The van der Waals surface area contributed by atoms with Crippen molar-refractivity contribution in [3.63, 3.8) is 0 Å². The average Bonchev–Trinajstić information content (AvgIpc) is 2.51. The maximum absolute atomic E-state index is 2.46. The summed E-state index contributed by atoms with van der Waals surface area (Å²) >= 11 is 0. The van der Waals surface area contributed by atoms with Crippen LogP contribution < -0.4 is 0 Å². The van der Waals surface area contributed by atoms with Gasteiger partial charge >= 0.3 is 0 Å². The van der Waals surface area contributed by atoms with Gasteiger partial charge in [0.25, 0.3) is 0 Å². The highest BCUT2D eigenvalue weighted by molar-refractivity contribution is 4.85. The molecule has 0 spiro atoms. The van der Waals surface area contributed by atoms with E-state index in [2.05, 4.69) is 34.6 Å². The minimum Gasteiger partial charge on any atom is -0.0654 e. The first-order chi connectivity index (χ1) is 10.2. The van der Waals surface area contributed by atoms with Gasteiger partial charge in [-0.1, -0.05) is 92.4 Å². The van der Waals surface area contributed by atoms with Crippen LogP contribution in [0.4, 0.5) is 0 Å². The van der Waals surface area contributed by atoms with E-state index in [4.69, 9.17) is 0 Å². The smallest absolute Gasteiger partial charge is 0.0329 e. The van der Waals surface area contributed by atoms with Crippen molar-refractivity contribution in [2.24, 2.45) is 29.6 Å². The number of unbranched alkanes of at least 4 members (excludes halogenated alkanes) is 1. The Morgan fingerprint density at radius 2 is 1.33 bits per heavy atom. The third kappa shape index (κ3) is 5.95. The second kappa shape index (κ2) is 10.7. The Balaban J connectivity index is 2.80. The first kappa shape index (κ1) is 19.0. The molecule has 0 amide bonds. The zero-order chi connectivity index (χ0) is 15.7. The molecule has 0 aromatic carbocycles. The molecule has 0 heteroatoms. The van der Waals surface area contributed by atoms with Crippen molar-refractivity contribution in [3.8, 4) is 0 Å². The van der Waals surface area contributed by atoms with Gasteiger partial charge in [-0.3, -0.25) is 0 Å². The second-order valence-corrected chi connectivity index (χ2v) is 7.86. The molecule has 0 heterocycles. The molecule has 1 aliphatic rings. The second-order valence-electron chi connectivity index (χ2n) is 7.86. The van der Waals surface area contributed by atoms with Crippen molar-refractivity contribution in [3.05, 3.63) is 0 Å². The molecule has 3 unspecified atom stereocenters. The molecule has 0 nitrogen and oxygen atoms in total. The molecular weight excluding hydrogens is 252 g/mol. The Kier molecular flexibility index (Phi) is 9.69. The standard InChI is InChI=1S/C21H42/c1-6-10-12-19(9-4)21(18(8-3)11-7-2)20-15-13-17(5)14-16-20/h17-21H,6-16H2,1-5H3. The van der Waals surface area contributed by atoms with Gasteiger partial charge in [0.05, 0.1) is 0 Å². The Hall–Kier alpha value is 0. The average molecular weight is 295 g/mol. The quantitative estimate of drug-likeness (QED) is 0.392. The van der Waals surface area contributed by atoms with Crippen LogP contribution in [0, 0.1) is 29.6 Å². The highest BCUT2D eigenvalue weighted by Gasteiger charge is 2.35. The zero-order valence-corrected chi connectivity index (χ0v) is 15.7. The molecule has 0 aromatic heterocycles. The van der Waals surface area contributed by atoms with Gasteiger partial charge in [0.2, 0.25) is 0 Å². The van der Waals surface area contributed by atoms with Gasteiger partial charge in [0.1, 0.15) is 0 Å². The lowest BCUT2D eigenvalue weighted by Crippen LogP contribution is -2.33. The van der Waals surface area contributed by atoms with Gasteiger partial charge in [-0.2, -0.15) is 0 Å². The van der Waals surface area contributed by atoms with Gasteiger partial charge < -0.3 is 0 Å². The van der Waals surface area contributed by atoms with E-state index in [1.54, 1.807) is 0 Å². The van der Waals surface area contributed by atoms with Gasteiger partial charge in [-0.15, -0.1) is 0 Å². The summed E-state index contributed by atoms with van der Waals surface area (Å²) in [7, 11) is 0. The van der Waals surface area contributed by atoms with Crippen molar-refractivity contribution in [1.82, 2.24) is 0 Å². The van der Waals surface area contributed by atoms with Crippen molar-refractivity contribution in [1.29, 1.82) is 0 Å². The Bertz CT molecular complexity index is 232. The van der Waals surface area contributed by atoms with Crippen LogP contribution in [0.5, 0.6) is 0 Å². The molecule has 0 saturated heterocycles. The molecular formula is C21H42. The predicted octanol–water partition coefficient (Wildman–Crippen LogP) is 7.47. The summed E-state index contributed by atoms with van der Waals surface area (Å²) in [4.78, 5) is 0. The van der Waals surface area contributed by atoms with E-state index < -0.39 is 0 Å². The Labute approximate surface area is 135 Å². The van der Waals surface area contributed by atoms with Crippen LogP contribution in [-0.2, 0) is 0 Å². The minimum atomic E-state index is 0.990. The predicted molar refractivity (Wildman–Crippen MR) is 96.6 cm³/mol. The van der Waals surface area contributed by atoms with Gasteiger partial charge in [-0.25, -0.2) is 0 Å². The minimum absolute atomic E-state index is 0.990. The molecule has 1 rings (SSSR count). The first-order valence-corrected chi connectivity index (χ1v) is 10.2. The number of rotatable bonds is 10. The lowest BCUT2D eigenvalue weighted by molar-refractivity contribution is 0.0826. The first-order valence-electron chi connectivity index (χ1n) is 10.2. The van der Waals surface area contributed by atoms with Crippen LogP contribution in [0.2, 0.25) is 0 Å². The normalized spacial score (nSPS) is 27.3. The molecule has 0 aromatic rings. The molecule has 0 radical (unpaired) electrons. The molecule has 1 saturated carbocycles. The fourth-order valence-electron chi connectivity index (χ4n) is 5.00. The summed E-state index contributed by atoms with van der Waals surface area (Å²) in [6, 6.07) is 0. The van der Waals surface area contributed by atoms with E-state index in [-0.39, 0.29) is 0 Å². The van der Waals surface area contributed by atoms with Crippen LogP contribution in [0.1, 0.15) is 105 Å². The van der Waals surface area contributed by atoms with Crippen molar-refractivity contribution >= 4 is 0 Å². The van der Waals surface area contributed by atoms with Gasteiger partial charge in [-0.05, 0) is 42.4 Å². The summed E-state index contributed by atoms with van der Waals surface area (Å²) in [6.45, 7) is 12.1. The van der Waals surface area contributed by atoms with Crippen LogP contribution in [0.3, 0.4) is 0 Å². The lowest BCUT2D eigenvalue weighted by Gasteiger charge is -2.42. The van der Waals surface area contributed by atoms with E-state index in [0.29, 0.717) is 0 Å². The van der Waals surface area contributed by atoms with E-state index in [0.717, 1.165) is 29.6 Å². The third-order valence-electron chi connectivity index (χ3n) is 6.33. The summed E-state index contributed by atoms with van der Waals surface area (Å²) in [6.07, 6.45) is 16.0. The maximum Gasteiger partial charge on any atom is -0.0329 e. The SMILES string of the molecule is CCCCC(CC)C(C(CC)CCC)C1CCC(C)CC1. The summed E-state index contributed by atoms with van der Waals surface area (Å²) in [5.41, 5.74) is 0. The largest absolute Gasteiger partial charge is 0.0654 e. The third-order valence-corrected chi connectivity index (χ3v) is 6.33. The summed E-state index contributed by atoms with van der Waals surface area (Å²) in [5, 5.41) is 0. The van der Waals surface area contributed by atoms with E-state index in [1.165, 1.54) is 70.6 Å². The van der Waals surface area contributed by atoms with Crippen LogP contribution in [0.15, 0.2) is 0 Å². The molecule has 0 aliphatic heterocycles. The van der Waals surface area contributed by atoms with Gasteiger partial charge in [0, 0.05) is 0 Å². The topological polar surface area (TPSA) is 0 Å². The molecule has 21 heavy (non-hydrogen) atoms. The Morgan fingerprint density at radius 1 is 0.762 bits per heavy atom. The lowest BCUT2D eigenvalue weighted by atomic mass is 9.64. The highest BCUT2D eigenvalue weighted by atomic mass is 14.4. The zero-order valence-electron chi connectivity index (χ0n) is 15.7. The molecule has 1 fully saturated rings. The monoisotopic (exact) mass is 294 g/mol.